The highest BCUT2D eigenvalue weighted by Crippen LogP contribution is 2.39. The number of rotatable bonds is 4. The molecular formula is C22H33N3O2S. The molecule has 154 valence electrons. The summed E-state index contributed by atoms with van der Waals surface area (Å²) >= 11 is 0. The van der Waals surface area contributed by atoms with Crippen LogP contribution in [0.5, 0.6) is 0 Å². The highest BCUT2D eigenvalue weighted by Gasteiger charge is 2.36. The maximum Gasteiger partial charge on any atom is 0.244 e. The highest BCUT2D eigenvalue weighted by atomic mass is 32.2. The molecule has 6 heteroatoms. The summed E-state index contributed by atoms with van der Waals surface area (Å²) in [6.07, 6.45) is 4.51. The predicted molar refractivity (Wildman–Crippen MR) is 113 cm³/mol. The van der Waals surface area contributed by atoms with Gasteiger partial charge in [-0.2, -0.15) is 5.10 Å². The van der Waals surface area contributed by atoms with Crippen molar-refractivity contribution in [3.63, 3.8) is 0 Å². The minimum Gasteiger partial charge on any atom is -0.239 e. The van der Waals surface area contributed by atoms with E-state index in [1.165, 1.54) is 0 Å². The minimum absolute atomic E-state index is 0.0448. The SMILES string of the molecule is CC1CC(NS(=O)(=O)c2cn(-c3ccccc3)nc2C(C)(C)C)CC(C)(C)C1. The van der Waals surface area contributed by atoms with Crippen LogP contribution >= 0.6 is 0 Å². The third-order valence-corrected chi connectivity index (χ3v) is 6.93. The van der Waals surface area contributed by atoms with Gasteiger partial charge in [-0.3, -0.25) is 0 Å². The third kappa shape index (κ3) is 4.66. The molecule has 1 aromatic carbocycles. The van der Waals surface area contributed by atoms with E-state index in [4.69, 9.17) is 0 Å². The first-order chi connectivity index (χ1) is 12.9. The molecule has 0 amide bonds. The summed E-state index contributed by atoms with van der Waals surface area (Å²) in [5.41, 5.74) is 1.20. The fourth-order valence-corrected chi connectivity index (χ4v) is 6.09. The van der Waals surface area contributed by atoms with E-state index in [9.17, 15) is 8.42 Å². The number of benzene rings is 1. The molecule has 0 saturated heterocycles. The summed E-state index contributed by atoms with van der Waals surface area (Å²) in [5, 5.41) is 4.65. The largest absolute Gasteiger partial charge is 0.244 e. The monoisotopic (exact) mass is 403 g/mol. The van der Waals surface area contributed by atoms with Crippen LogP contribution in [0, 0.1) is 11.3 Å². The van der Waals surface area contributed by atoms with Crippen molar-refractivity contribution in [3.8, 4) is 5.69 Å². The predicted octanol–water partition coefficient (Wildman–Crippen LogP) is 4.66. The van der Waals surface area contributed by atoms with Gasteiger partial charge >= 0.3 is 0 Å². The molecule has 28 heavy (non-hydrogen) atoms. The Balaban J connectivity index is 1.98. The normalized spacial score (nSPS) is 22.9. The summed E-state index contributed by atoms with van der Waals surface area (Å²) in [7, 11) is -3.67. The van der Waals surface area contributed by atoms with Gasteiger partial charge in [0.05, 0.1) is 17.6 Å². The number of nitrogens with one attached hydrogen (secondary N) is 1. The molecule has 5 nitrogen and oxygen atoms in total. The van der Waals surface area contributed by atoms with Crippen LogP contribution in [0.4, 0.5) is 0 Å². The standard InChI is InChI=1S/C22H33N3O2S/c1-16-12-17(14-22(5,6)13-16)24-28(26,27)19-15-25(18-10-8-7-9-11-18)23-20(19)21(2,3)4/h7-11,15-17,24H,12-14H2,1-6H3. The number of sulfonamides is 1. The first-order valence-electron chi connectivity index (χ1n) is 10.1. The second-order valence-corrected chi connectivity index (χ2v) is 11.8. The van der Waals surface area contributed by atoms with Crippen LogP contribution in [0.2, 0.25) is 0 Å². The molecule has 3 rings (SSSR count). The zero-order chi connectivity index (χ0) is 20.7. The number of hydrogen-bond acceptors (Lipinski definition) is 3. The summed E-state index contributed by atoms with van der Waals surface area (Å²) in [4.78, 5) is 0.278. The number of para-hydroxylation sites is 1. The first-order valence-corrected chi connectivity index (χ1v) is 11.5. The molecule has 1 aliphatic rings. The van der Waals surface area contributed by atoms with Crippen LogP contribution in [-0.2, 0) is 15.4 Å². The molecule has 0 aliphatic heterocycles. The second kappa shape index (κ2) is 7.30. The van der Waals surface area contributed by atoms with Gasteiger partial charge in [-0.05, 0) is 42.7 Å². The topological polar surface area (TPSA) is 64.0 Å². The van der Waals surface area contributed by atoms with E-state index in [1.807, 2.05) is 51.1 Å². The van der Waals surface area contributed by atoms with Gasteiger partial charge in [0.25, 0.3) is 0 Å². The van der Waals surface area contributed by atoms with Gasteiger partial charge < -0.3 is 0 Å². The molecule has 1 heterocycles. The molecule has 1 aliphatic carbocycles. The summed E-state index contributed by atoms with van der Waals surface area (Å²) < 4.78 is 31.4. The molecule has 0 bridgehead atoms. The molecule has 1 N–H and O–H groups in total. The average Bonchev–Trinajstić information content (AvgIpc) is 2.99. The lowest BCUT2D eigenvalue weighted by Crippen LogP contribution is -2.43. The van der Waals surface area contributed by atoms with E-state index in [-0.39, 0.29) is 21.8 Å². The second-order valence-electron chi connectivity index (χ2n) is 10.1. The van der Waals surface area contributed by atoms with Crippen molar-refractivity contribution in [3.05, 3.63) is 42.2 Å². The van der Waals surface area contributed by atoms with Crippen molar-refractivity contribution < 1.29 is 8.42 Å². The van der Waals surface area contributed by atoms with Crippen LogP contribution < -0.4 is 4.72 Å². The Morgan fingerprint density at radius 2 is 1.79 bits per heavy atom. The third-order valence-electron chi connectivity index (χ3n) is 5.41. The van der Waals surface area contributed by atoms with Crippen LogP contribution in [0.1, 0.15) is 66.5 Å². The molecule has 1 saturated carbocycles. The summed E-state index contributed by atoms with van der Waals surface area (Å²) in [5.74, 6) is 0.505. The lowest BCUT2D eigenvalue weighted by atomic mass is 9.71. The van der Waals surface area contributed by atoms with Crippen LogP contribution in [0.15, 0.2) is 41.4 Å². The molecule has 2 atom stereocenters. The molecular weight excluding hydrogens is 370 g/mol. The quantitative estimate of drug-likeness (QED) is 0.807. The van der Waals surface area contributed by atoms with Gasteiger partial charge in [0.1, 0.15) is 4.90 Å². The molecule has 2 aromatic rings. The van der Waals surface area contributed by atoms with Crippen LogP contribution in [-0.4, -0.2) is 24.2 Å². The maximum atomic E-state index is 13.4. The van der Waals surface area contributed by atoms with E-state index in [1.54, 1.807) is 10.9 Å². The Kier molecular flexibility index (Phi) is 5.49. The Hall–Kier alpha value is -1.66. The summed E-state index contributed by atoms with van der Waals surface area (Å²) in [6.45, 7) is 12.6. The number of hydrogen-bond donors (Lipinski definition) is 1. The maximum absolute atomic E-state index is 13.4. The molecule has 0 spiro atoms. The minimum atomic E-state index is -3.67. The Morgan fingerprint density at radius 3 is 2.36 bits per heavy atom. The van der Waals surface area contributed by atoms with Gasteiger partial charge in [0.2, 0.25) is 10.0 Å². The Morgan fingerprint density at radius 1 is 1.14 bits per heavy atom. The lowest BCUT2D eigenvalue weighted by Gasteiger charge is -2.39. The van der Waals surface area contributed by atoms with Crippen molar-refractivity contribution >= 4 is 10.0 Å². The van der Waals surface area contributed by atoms with Gasteiger partial charge in [-0.15, -0.1) is 0 Å². The molecule has 1 fully saturated rings. The Labute approximate surface area is 169 Å². The fourth-order valence-electron chi connectivity index (χ4n) is 4.51. The van der Waals surface area contributed by atoms with Crippen LogP contribution in [0.25, 0.3) is 5.69 Å². The van der Waals surface area contributed by atoms with Crippen molar-refractivity contribution in [2.24, 2.45) is 11.3 Å². The zero-order valence-corrected chi connectivity index (χ0v) is 18.7. The number of nitrogens with zero attached hydrogens (tertiary/aromatic N) is 2. The van der Waals surface area contributed by atoms with Crippen LogP contribution in [0.3, 0.4) is 0 Å². The zero-order valence-electron chi connectivity index (χ0n) is 17.9. The number of aromatic nitrogens is 2. The smallest absolute Gasteiger partial charge is 0.239 e. The van der Waals surface area contributed by atoms with E-state index in [0.717, 1.165) is 24.9 Å². The Bertz CT molecular complexity index is 924. The van der Waals surface area contributed by atoms with Gasteiger partial charge in [-0.1, -0.05) is 59.7 Å². The lowest BCUT2D eigenvalue weighted by molar-refractivity contribution is 0.163. The van der Waals surface area contributed by atoms with E-state index < -0.39 is 10.0 Å². The van der Waals surface area contributed by atoms with Crippen molar-refractivity contribution in [1.82, 2.24) is 14.5 Å². The van der Waals surface area contributed by atoms with E-state index in [0.29, 0.717) is 11.6 Å². The molecule has 2 unspecified atom stereocenters. The first kappa shape index (κ1) is 21.1. The fraction of sp³-hybridized carbons (Fsp3) is 0.591. The van der Waals surface area contributed by atoms with Gasteiger partial charge in [0.15, 0.2) is 0 Å². The van der Waals surface area contributed by atoms with Crippen molar-refractivity contribution in [2.75, 3.05) is 0 Å². The van der Waals surface area contributed by atoms with Gasteiger partial charge in [-0.25, -0.2) is 17.8 Å². The molecule has 0 radical (unpaired) electrons. The average molecular weight is 404 g/mol. The highest BCUT2D eigenvalue weighted by molar-refractivity contribution is 7.89. The van der Waals surface area contributed by atoms with E-state index >= 15 is 0 Å². The van der Waals surface area contributed by atoms with Crippen molar-refractivity contribution in [2.45, 2.75) is 77.2 Å². The van der Waals surface area contributed by atoms with E-state index in [2.05, 4.69) is 30.6 Å². The molecule has 1 aromatic heterocycles. The van der Waals surface area contributed by atoms with Crippen molar-refractivity contribution in [1.29, 1.82) is 0 Å². The summed E-state index contributed by atoms with van der Waals surface area (Å²) in [6, 6.07) is 9.58. The van der Waals surface area contributed by atoms with Gasteiger partial charge in [0, 0.05) is 11.5 Å².